The minimum absolute atomic E-state index is 0.368. The third-order valence-electron chi connectivity index (χ3n) is 5.84. The summed E-state index contributed by atoms with van der Waals surface area (Å²) in [6, 6.07) is 16.2. The Morgan fingerprint density at radius 3 is 2.67 bits per heavy atom. The molecule has 0 aliphatic heterocycles. The molecule has 0 spiro atoms. The highest BCUT2D eigenvalue weighted by molar-refractivity contribution is 6.30. The van der Waals surface area contributed by atoms with Gasteiger partial charge in [0.25, 0.3) is 0 Å². The van der Waals surface area contributed by atoms with Crippen molar-refractivity contribution < 1.29 is 10.2 Å². The van der Waals surface area contributed by atoms with Crippen molar-refractivity contribution in [2.24, 2.45) is 0 Å². The number of halogens is 1. The van der Waals surface area contributed by atoms with Crippen molar-refractivity contribution in [2.75, 3.05) is 23.8 Å². The smallest absolute Gasteiger partial charge is 0.180 e. The first-order valence-corrected chi connectivity index (χ1v) is 10.6. The highest BCUT2D eigenvalue weighted by Crippen LogP contribution is 2.36. The molecule has 1 atom stereocenters. The lowest BCUT2D eigenvalue weighted by molar-refractivity contribution is -0.0419. The average Bonchev–Trinajstić information content (AvgIpc) is 2.77. The molecule has 0 fully saturated rings. The Hall–Kier alpha value is -2.60. The first-order valence-electron chi connectivity index (χ1n) is 10.2. The predicted octanol–water partition coefficient (Wildman–Crippen LogP) is 5.02. The van der Waals surface area contributed by atoms with Crippen molar-refractivity contribution in [2.45, 2.75) is 31.5 Å². The fourth-order valence-corrected chi connectivity index (χ4v) is 4.27. The third kappa shape index (κ3) is 4.43. The zero-order chi connectivity index (χ0) is 21.1. The molecule has 4 rings (SSSR count). The van der Waals surface area contributed by atoms with E-state index in [4.69, 9.17) is 11.6 Å². The monoisotopic (exact) mass is 423 g/mol. The Labute approximate surface area is 182 Å². The normalized spacial score (nSPS) is 15.7. The van der Waals surface area contributed by atoms with Crippen molar-refractivity contribution >= 4 is 28.7 Å². The lowest BCUT2D eigenvalue weighted by Crippen LogP contribution is -2.20. The molecule has 0 saturated carbocycles. The van der Waals surface area contributed by atoms with Crippen LogP contribution in [0.1, 0.15) is 41.7 Å². The molecule has 0 unspecified atom stereocenters. The molecule has 0 amide bonds. The van der Waals surface area contributed by atoms with Crippen molar-refractivity contribution in [1.82, 2.24) is 4.98 Å². The molecule has 2 aromatic carbocycles. The van der Waals surface area contributed by atoms with Crippen molar-refractivity contribution in [3.8, 4) is 0 Å². The van der Waals surface area contributed by atoms with Crippen molar-refractivity contribution in [3.05, 3.63) is 82.6 Å². The zero-order valence-electron chi connectivity index (χ0n) is 16.9. The van der Waals surface area contributed by atoms with Crippen LogP contribution in [0.25, 0.3) is 0 Å². The number of benzene rings is 2. The molecule has 0 radical (unpaired) electrons. The topological polar surface area (TPSA) is 68.6 Å². The molecule has 3 aromatic rings. The number of pyridine rings is 1. The summed E-state index contributed by atoms with van der Waals surface area (Å²) in [6.07, 6.45) is 5.00. The molecule has 30 heavy (non-hydrogen) atoms. The van der Waals surface area contributed by atoms with E-state index in [-0.39, 0.29) is 0 Å². The van der Waals surface area contributed by atoms with Gasteiger partial charge in [0.05, 0.1) is 11.9 Å². The molecule has 1 aliphatic carbocycles. The van der Waals surface area contributed by atoms with Crippen LogP contribution in [0, 0.1) is 0 Å². The highest BCUT2D eigenvalue weighted by Gasteiger charge is 2.22. The number of nitrogens with one attached hydrogen (secondary N) is 1. The molecule has 0 bridgehead atoms. The number of aliphatic hydroxyl groups excluding tert-OH is 1. The molecule has 3 N–H and O–H groups in total. The second kappa shape index (κ2) is 9.04. The number of nitrogens with zero attached hydrogens (tertiary/aromatic N) is 2. The number of aliphatic hydroxyl groups is 2. The van der Waals surface area contributed by atoms with Gasteiger partial charge in [0.2, 0.25) is 0 Å². The maximum atomic E-state index is 9.57. The van der Waals surface area contributed by atoms with Crippen LogP contribution in [0.3, 0.4) is 0 Å². The van der Waals surface area contributed by atoms with E-state index in [2.05, 4.69) is 40.4 Å². The minimum Gasteiger partial charge on any atom is -0.383 e. The summed E-state index contributed by atoms with van der Waals surface area (Å²) in [5, 5.41) is 23.2. The molecule has 156 valence electrons. The number of hydrogen-bond donors (Lipinski definition) is 3. The van der Waals surface area contributed by atoms with Gasteiger partial charge in [-0.2, -0.15) is 0 Å². The number of anilines is 3. The van der Waals surface area contributed by atoms with Gasteiger partial charge in [-0.1, -0.05) is 17.7 Å². The highest BCUT2D eigenvalue weighted by atomic mass is 35.5. The van der Waals surface area contributed by atoms with Crippen molar-refractivity contribution in [1.29, 1.82) is 0 Å². The molecular formula is C24H26ClN3O2. The van der Waals surface area contributed by atoms with E-state index in [0.717, 1.165) is 42.2 Å². The van der Waals surface area contributed by atoms with Crippen LogP contribution in [0.2, 0.25) is 5.02 Å². The lowest BCUT2D eigenvalue weighted by Gasteiger charge is -2.29. The summed E-state index contributed by atoms with van der Waals surface area (Å²) >= 11 is 6.02. The maximum absolute atomic E-state index is 9.57. The number of fused-ring (bicyclic) bond motifs is 1. The van der Waals surface area contributed by atoms with Crippen LogP contribution >= 0.6 is 11.6 Å². The quantitative estimate of drug-likeness (QED) is 0.486. The first-order chi connectivity index (χ1) is 14.5. The van der Waals surface area contributed by atoms with Gasteiger partial charge in [-0.05, 0) is 72.9 Å². The second-order valence-corrected chi connectivity index (χ2v) is 8.16. The number of aryl methyl sites for hydroxylation is 1. The van der Waals surface area contributed by atoms with E-state index in [0.29, 0.717) is 17.2 Å². The second-order valence-electron chi connectivity index (χ2n) is 7.73. The minimum atomic E-state index is -1.51. The molecule has 1 heterocycles. The maximum Gasteiger partial charge on any atom is 0.180 e. The van der Waals surface area contributed by atoms with Crippen LogP contribution < -0.4 is 10.2 Å². The van der Waals surface area contributed by atoms with Crippen LogP contribution in [-0.2, 0) is 6.42 Å². The van der Waals surface area contributed by atoms with Gasteiger partial charge in [-0.15, -0.1) is 0 Å². The van der Waals surface area contributed by atoms with Gasteiger partial charge in [0.15, 0.2) is 6.29 Å². The largest absolute Gasteiger partial charge is 0.383 e. The molecule has 0 saturated heterocycles. The SMILES string of the molecule is CN(c1ccc(Cl)cc1)c1ccc2c(c1)CCC[C@H]2CNc1cnccc1C(O)O. The molecule has 6 heteroatoms. The van der Waals surface area contributed by atoms with Crippen LogP contribution in [-0.4, -0.2) is 28.8 Å². The number of rotatable bonds is 6. The van der Waals surface area contributed by atoms with E-state index in [9.17, 15) is 10.2 Å². The van der Waals surface area contributed by atoms with Gasteiger partial charge in [-0.3, -0.25) is 4.98 Å². The van der Waals surface area contributed by atoms with E-state index in [1.807, 2.05) is 24.3 Å². The first kappa shape index (κ1) is 20.7. The number of aromatic nitrogens is 1. The summed E-state index contributed by atoms with van der Waals surface area (Å²) in [5.74, 6) is 0.368. The van der Waals surface area contributed by atoms with Crippen LogP contribution in [0.15, 0.2) is 60.9 Å². The van der Waals surface area contributed by atoms with E-state index in [1.165, 1.54) is 11.1 Å². The Bertz CT molecular complexity index is 1010. The lowest BCUT2D eigenvalue weighted by atomic mass is 9.82. The molecule has 1 aliphatic rings. The standard InChI is InChI=1S/C24H26ClN3O2/c1-28(19-7-5-18(25)6-8-19)20-9-10-21-16(13-20)3-2-4-17(21)14-27-23-15-26-12-11-22(23)24(29)30/h5-13,15,17,24,27,29-30H,2-4,14H2,1H3/t17-/m0/s1. The van der Waals surface area contributed by atoms with Crippen LogP contribution in [0.5, 0.6) is 0 Å². The summed E-state index contributed by atoms with van der Waals surface area (Å²) < 4.78 is 0. The van der Waals surface area contributed by atoms with Gasteiger partial charge in [-0.25, -0.2) is 0 Å². The number of hydrogen-bond acceptors (Lipinski definition) is 5. The Balaban J connectivity index is 1.51. The summed E-state index contributed by atoms with van der Waals surface area (Å²) in [7, 11) is 2.07. The van der Waals surface area contributed by atoms with Gasteiger partial charge < -0.3 is 20.4 Å². The summed E-state index contributed by atoms with van der Waals surface area (Å²) in [6.45, 7) is 0.727. The van der Waals surface area contributed by atoms with Crippen molar-refractivity contribution in [3.63, 3.8) is 0 Å². The average molecular weight is 424 g/mol. The summed E-state index contributed by atoms with van der Waals surface area (Å²) in [4.78, 5) is 6.27. The van der Waals surface area contributed by atoms with Gasteiger partial charge in [0, 0.05) is 47.7 Å². The third-order valence-corrected chi connectivity index (χ3v) is 6.09. The zero-order valence-corrected chi connectivity index (χ0v) is 17.7. The molecule has 5 nitrogen and oxygen atoms in total. The fourth-order valence-electron chi connectivity index (χ4n) is 4.15. The Morgan fingerprint density at radius 2 is 1.90 bits per heavy atom. The van der Waals surface area contributed by atoms with Gasteiger partial charge in [0.1, 0.15) is 0 Å². The van der Waals surface area contributed by atoms with Gasteiger partial charge >= 0.3 is 0 Å². The molecule has 1 aromatic heterocycles. The summed E-state index contributed by atoms with van der Waals surface area (Å²) in [5.41, 5.74) is 6.10. The van der Waals surface area contributed by atoms with E-state index in [1.54, 1.807) is 18.5 Å². The fraction of sp³-hybridized carbons (Fsp3) is 0.292. The van der Waals surface area contributed by atoms with Crippen LogP contribution in [0.4, 0.5) is 17.1 Å². The molecular weight excluding hydrogens is 398 g/mol. The predicted molar refractivity (Wildman–Crippen MR) is 122 cm³/mol. The Kier molecular flexibility index (Phi) is 6.23. The Morgan fingerprint density at radius 1 is 1.13 bits per heavy atom. The van der Waals surface area contributed by atoms with E-state index < -0.39 is 6.29 Å². The van der Waals surface area contributed by atoms with E-state index >= 15 is 0 Å².